The van der Waals surface area contributed by atoms with Crippen LogP contribution in [0.5, 0.6) is 11.5 Å². The van der Waals surface area contributed by atoms with Crippen LogP contribution in [0, 0.1) is 11.6 Å². The standard InChI is InChI=1S/C19H16F2N2O4/c1-25-16-4-2-3-5-17(16)26-11-19(24)22-10-13-9-18(27-23-13)14-7-6-12(20)8-15(14)21/h2-9H,10-11H2,1H3,(H,22,24). The molecular formula is C19H16F2N2O4. The van der Waals surface area contributed by atoms with Gasteiger partial charge in [-0.05, 0) is 24.3 Å². The van der Waals surface area contributed by atoms with Crippen molar-refractivity contribution in [3.8, 4) is 22.8 Å². The van der Waals surface area contributed by atoms with Gasteiger partial charge in [0.25, 0.3) is 5.91 Å². The number of carbonyl (C=O) groups is 1. The third-order valence-electron chi connectivity index (χ3n) is 3.65. The lowest BCUT2D eigenvalue weighted by Crippen LogP contribution is -2.28. The number of hydrogen-bond donors (Lipinski definition) is 1. The van der Waals surface area contributed by atoms with Crippen molar-refractivity contribution >= 4 is 5.91 Å². The fourth-order valence-corrected chi connectivity index (χ4v) is 2.33. The maximum atomic E-state index is 13.8. The summed E-state index contributed by atoms with van der Waals surface area (Å²) in [4.78, 5) is 11.9. The average Bonchev–Trinajstić information content (AvgIpc) is 3.13. The van der Waals surface area contributed by atoms with E-state index in [1.54, 1.807) is 24.3 Å². The summed E-state index contributed by atoms with van der Waals surface area (Å²) in [5.41, 5.74) is 0.473. The molecule has 0 atom stereocenters. The number of amides is 1. The Morgan fingerprint density at radius 2 is 1.93 bits per heavy atom. The SMILES string of the molecule is COc1ccccc1OCC(=O)NCc1cc(-c2ccc(F)cc2F)on1. The number of benzene rings is 2. The zero-order valence-electron chi connectivity index (χ0n) is 14.4. The first-order valence-electron chi connectivity index (χ1n) is 8.00. The Hall–Kier alpha value is -3.42. The third-order valence-corrected chi connectivity index (χ3v) is 3.65. The fourth-order valence-electron chi connectivity index (χ4n) is 2.33. The van der Waals surface area contributed by atoms with Crippen LogP contribution in [-0.2, 0) is 11.3 Å². The summed E-state index contributed by atoms with van der Waals surface area (Å²) in [7, 11) is 1.51. The highest BCUT2D eigenvalue weighted by molar-refractivity contribution is 5.77. The summed E-state index contributed by atoms with van der Waals surface area (Å²) in [6.07, 6.45) is 0. The molecule has 1 N–H and O–H groups in total. The van der Waals surface area contributed by atoms with E-state index < -0.39 is 11.6 Å². The van der Waals surface area contributed by atoms with Crippen molar-refractivity contribution in [2.75, 3.05) is 13.7 Å². The fraction of sp³-hybridized carbons (Fsp3) is 0.158. The molecule has 2 aromatic carbocycles. The molecule has 3 aromatic rings. The highest BCUT2D eigenvalue weighted by atomic mass is 19.1. The lowest BCUT2D eigenvalue weighted by molar-refractivity contribution is -0.123. The zero-order chi connectivity index (χ0) is 19.2. The molecule has 6 nitrogen and oxygen atoms in total. The minimum absolute atomic E-state index is 0.0699. The van der Waals surface area contributed by atoms with E-state index in [-0.39, 0.29) is 30.4 Å². The first-order valence-corrected chi connectivity index (χ1v) is 8.00. The molecule has 8 heteroatoms. The number of hydrogen-bond acceptors (Lipinski definition) is 5. The quantitative estimate of drug-likeness (QED) is 0.687. The van der Waals surface area contributed by atoms with Crippen LogP contribution in [-0.4, -0.2) is 24.8 Å². The highest BCUT2D eigenvalue weighted by Gasteiger charge is 2.13. The molecule has 0 saturated heterocycles. The van der Waals surface area contributed by atoms with E-state index in [4.69, 9.17) is 14.0 Å². The van der Waals surface area contributed by atoms with Crippen LogP contribution < -0.4 is 14.8 Å². The summed E-state index contributed by atoms with van der Waals surface area (Å²) in [5.74, 6) is -0.705. The Labute approximate surface area is 153 Å². The molecule has 1 heterocycles. The number of aromatic nitrogens is 1. The van der Waals surface area contributed by atoms with E-state index >= 15 is 0 Å². The molecule has 140 valence electrons. The van der Waals surface area contributed by atoms with Crippen LogP contribution in [0.2, 0.25) is 0 Å². The van der Waals surface area contributed by atoms with Gasteiger partial charge in [0.15, 0.2) is 23.9 Å². The van der Waals surface area contributed by atoms with Gasteiger partial charge in [0.05, 0.1) is 19.2 Å². The lowest BCUT2D eigenvalue weighted by Gasteiger charge is -2.09. The molecule has 0 unspecified atom stereocenters. The number of nitrogens with one attached hydrogen (secondary N) is 1. The molecule has 0 radical (unpaired) electrons. The smallest absolute Gasteiger partial charge is 0.258 e. The van der Waals surface area contributed by atoms with Crippen molar-refractivity contribution in [2.24, 2.45) is 0 Å². The van der Waals surface area contributed by atoms with Crippen molar-refractivity contribution in [2.45, 2.75) is 6.54 Å². The van der Waals surface area contributed by atoms with Gasteiger partial charge in [-0.2, -0.15) is 0 Å². The predicted octanol–water partition coefficient (Wildman–Crippen LogP) is 3.32. The van der Waals surface area contributed by atoms with Crippen LogP contribution in [0.3, 0.4) is 0 Å². The molecule has 1 aromatic heterocycles. The highest BCUT2D eigenvalue weighted by Crippen LogP contribution is 2.26. The van der Waals surface area contributed by atoms with Gasteiger partial charge < -0.3 is 19.3 Å². The van der Waals surface area contributed by atoms with Crippen molar-refractivity contribution in [1.82, 2.24) is 10.5 Å². The first-order chi connectivity index (χ1) is 13.1. The normalized spacial score (nSPS) is 10.5. The van der Waals surface area contributed by atoms with Crippen molar-refractivity contribution < 1.29 is 27.6 Å². The van der Waals surface area contributed by atoms with E-state index in [1.165, 1.54) is 19.2 Å². The van der Waals surface area contributed by atoms with Crippen molar-refractivity contribution in [1.29, 1.82) is 0 Å². The number of carbonyl (C=O) groups excluding carboxylic acids is 1. The van der Waals surface area contributed by atoms with Gasteiger partial charge in [-0.25, -0.2) is 8.78 Å². The van der Waals surface area contributed by atoms with Gasteiger partial charge in [-0.15, -0.1) is 0 Å². The minimum atomic E-state index is -0.757. The summed E-state index contributed by atoms with van der Waals surface area (Å²) >= 11 is 0. The number of para-hydroxylation sites is 2. The topological polar surface area (TPSA) is 73.6 Å². The Balaban J connectivity index is 1.54. The molecule has 0 bridgehead atoms. The molecule has 27 heavy (non-hydrogen) atoms. The van der Waals surface area contributed by atoms with E-state index in [0.717, 1.165) is 12.1 Å². The summed E-state index contributed by atoms with van der Waals surface area (Å²) in [6.45, 7) is -0.141. The first kappa shape index (κ1) is 18.4. The second-order valence-electron chi connectivity index (χ2n) is 5.52. The molecule has 0 aliphatic heterocycles. The van der Waals surface area contributed by atoms with Crippen LogP contribution >= 0.6 is 0 Å². The Bertz CT molecular complexity index is 943. The second-order valence-corrected chi connectivity index (χ2v) is 5.52. The maximum Gasteiger partial charge on any atom is 0.258 e. The molecule has 0 saturated carbocycles. The molecule has 0 fully saturated rings. The van der Waals surface area contributed by atoms with E-state index in [0.29, 0.717) is 17.2 Å². The number of ether oxygens (including phenoxy) is 2. The maximum absolute atomic E-state index is 13.8. The Morgan fingerprint density at radius 3 is 2.67 bits per heavy atom. The van der Waals surface area contributed by atoms with Gasteiger partial charge in [-0.1, -0.05) is 17.3 Å². The van der Waals surface area contributed by atoms with Crippen LogP contribution in [0.1, 0.15) is 5.69 Å². The van der Waals surface area contributed by atoms with Crippen molar-refractivity contribution in [3.63, 3.8) is 0 Å². The minimum Gasteiger partial charge on any atom is -0.493 e. The van der Waals surface area contributed by atoms with Gasteiger partial charge in [-0.3, -0.25) is 4.79 Å². The van der Waals surface area contributed by atoms with Gasteiger partial charge in [0, 0.05) is 12.1 Å². The second kappa shape index (κ2) is 8.31. The average molecular weight is 374 g/mol. The van der Waals surface area contributed by atoms with Crippen LogP contribution in [0.4, 0.5) is 8.78 Å². The summed E-state index contributed by atoms with van der Waals surface area (Å²) in [6, 6.07) is 11.6. The van der Waals surface area contributed by atoms with E-state index in [1.807, 2.05) is 0 Å². The molecule has 0 aliphatic carbocycles. The molecule has 1 amide bonds. The number of rotatable bonds is 7. The Kier molecular flexibility index (Phi) is 5.65. The Morgan fingerprint density at radius 1 is 1.15 bits per heavy atom. The van der Waals surface area contributed by atoms with Crippen molar-refractivity contribution in [3.05, 3.63) is 65.9 Å². The van der Waals surface area contributed by atoms with E-state index in [9.17, 15) is 13.6 Å². The van der Waals surface area contributed by atoms with E-state index in [2.05, 4.69) is 10.5 Å². The summed E-state index contributed by atoms with van der Waals surface area (Å²) in [5, 5.41) is 6.38. The monoisotopic (exact) mass is 374 g/mol. The summed E-state index contributed by atoms with van der Waals surface area (Å²) < 4.78 is 42.3. The largest absolute Gasteiger partial charge is 0.493 e. The number of halogens is 2. The molecule has 0 aliphatic rings. The molecular weight excluding hydrogens is 358 g/mol. The zero-order valence-corrected chi connectivity index (χ0v) is 14.4. The third kappa shape index (κ3) is 4.60. The predicted molar refractivity (Wildman–Crippen MR) is 92.2 cm³/mol. The lowest BCUT2D eigenvalue weighted by atomic mass is 10.1. The molecule has 0 spiro atoms. The number of methoxy groups -OCH3 is 1. The van der Waals surface area contributed by atoms with Gasteiger partial charge in [0.1, 0.15) is 17.3 Å². The van der Waals surface area contributed by atoms with Crippen LogP contribution in [0.15, 0.2) is 53.1 Å². The molecule has 3 rings (SSSR count). The van der Waals surface area contributed by atoms with Gasteiger partial charge in [0.2, 0.25) is 0 Å². The number of nitrogens with zero attached hydrogens (tertiary/aromatic N) is 1. The van der Waals surface area contributed by atoms with Crippen LogP contribution in [0.25, 0.3) is 11.3 Å². The van der Waals surface area contributed by atoms with Gasteiger partial charge >= 0.3 is 0 Å².